The third-order valence-electron chi connectivity index (χ3n) is 2.90. The lowest BCUT2D eigenvalue weighted by atomic mass is 10.2. The second kappa shape index (κ2) is 3.63. The Bertz CT molecular complexity index is 528. The maximum atomic E-state index is 11.8. The first-order chi connectivity index (χ1) is 7.83. The van der Waals surface area contributed by atoms with Crippen LogP contribution in [0.15, 0.2) is 30.7 Å². The molecular formula is C12H13N3O. The van der Waals surface area contributed by atoms with Crippen molar-refractivity contribution in [2.45, 2.75) is 12.8 Å². The average molecular weight is 215 g/mol. The van der Waals surface area contributed by atoms with Gasteiger partial charge in [-0.1, -0.05) is 0 Å². The zero-order valence-corrected chi connectivity index (χ0v) is 8.89. The van der Waals surface area contributed by atoms with Crippen molar-refractivity contribution < 1.29 is 4.79 Å². The number of fused-ring (bicyclic) bond motifs is 1. The highest BCUT2D eigenvalue weighted by molar-refractivity contribution is 5.94. The molecule has 2 aromatic rings. The van der Waals surface area contributed by atoms with Crippen molar-refractivity contribution in [3.63, 3.8) is 0 Å². The molecule has 0 saturated heterocycles. The van der Waals surface area contributed by atoms with Crippen molar-refractivity contribution in [3.8, 4) is 0 Å². The summed E-state index contributed by atoms with van der Waals surface area (Å²) >= 11 is 0. The van der Waals surface area contributed by atoms with E-state index in [2.05, 4.69) is 10.3 Å². The van der Waals surface area contributed by atoms with E-state index in [9.17, 15) is 4.79 Å². The normalized spacial score (nSPS) is 15.2. The summed E-state index contributed by atoms with van der Waals surface area (Å²) < 4.78 is 1.85. The van der Waals surface area contributed by atoms with E-state index in [0.29, 0.717) is 11.5 Å². The highest BCUT2D eigenvalue weighted by atomic mass is 16.1. The minimum absolute atomic E-state index is 0.00231. The third-order valence-corrected chi connectivity index (χ3v) is 2.90. The van der Waals surface area contributed by atoms with E-state index >= 15 is 0 Å². The molecule has 0 aromatic carbocycles. The van der Waals surface area contributed by atoms with Crippen LogP contribution in [0.5, 0.6) is 0 Å². The highest BCUT2D eigenvalue weighted by Gasteiger charge is 2.21. The Morgan fingerprint density at radius 3 is 3.19 bits per heavy atom. The van der Waals surface area contributed by atoms with Crippen LogP contribution >= 0.6 is 0 Å². The zero-order chi connectivity index (χ0) is 11.0. The van der Waals surface area contributed by atoms with Crippen molar-refractivity contribution in [1.82, 2.24) is 14.7 Å². The second-order valence-electron chi connectivity index (χ2n) is 4.26. The van der Waals surface area contributed by atoms with Crippen LogP contribution in [0.1, 0.15) is 23.2 Å². The minimum Gasteiger partial charge on any atom is -0.352 e. The number of aromatic nitrogens is 2. The van der Waals surface area contributed by atoms with Crippen LogP contribution in [0, 0.1) is 5.92 Å². The fourth-order valence-corrected chi connectivity index (χ4v) is 1.72. The maximum Gasteiger partial charge on any atom is 0.252 e. The largest absolute Gasteiger partial charge is 0.352 e. The number of amides is 1. The summed E-state index contributed by atoms with van der Waals surface area (Å²) in [6, 6.07) is 3.66. The summed E-state index contributed by atoms with van der Waals surface area (Å²) in [5, 5.41) is 2.95. The summed E-state index contributed by atoms with van der Waals surface area (Å²) in [5.74, 6) is 0.712. The van der Waals surface area contributed by atoms with E-state index in [1.54, 1.807) is 6.20 Å². The van der Waals surface area contributed by atoms with Crippen molar-refractivity contribution in [3.05, 3.63) is 36.3 Å². The molecule has 0 radical (unpaired) electrons. The van der Waals surface area contributed by atoms with Gasteiger partial charge in [-0.25, -0.2) is 4.98 Å². The number of pyridine rings is 1. The van der Waals surface area contributed by atoms with Gasteiger partial charge in [-0.05, 0) is 30.9 Å². The fraction of sp³-hybridized carbons (Fsp3) is 0.333. The average Bonchev–Trinajstić information content (AvgIpc) is 3.01. The molecule has 0 aliphatic heterocycles. The second-order valence-corrected chi connectivity index (χ2v) is 4.26. The number of imidazole rings is 1. The third kappa shape index (κ3) is 1.78. The Morgan fingerprint density at radius 2 is 2.38 bits per heavy atom. The van der Waals surface area contributed by atoms with Crippen molar-refractivity contribution in [1.29, 1.82) is 0 Å². The molecule has 2 aromatic heterocycles. The number of carbonyl (C=O) groups is 1. The molecule has 1 aliphatic carbocycles. The topological polar surface area (TPSA) is 46.4 Å². The van der Waals surface area contributed by atoms with E-state index in [1.165, 1.54) is 12.8 Å². The molecular weight excluding hydrogens is 202 g/mol. The van der Waals surface area contributed by atoms with Gasteiger partial charge in [0.15, 0.2) is 0 Å². The summed E-state index contributed by atoms with van der Waals surface area (Å²) in [5.41, 5.74) is 1.55. The van der Waals surface area contributed by atoms with E-state index in [4.69, 9.17) is 0 Å². The monoisotopic (exact) mass is 215 g/mol. The van der Waals surface area contributed by atoms with Crippen LogP contribution < -0.4 is 5.32 Å². The van der Waals surface area contributed by atoms with Gasteiger partial charge in [0.05, 0.1) is 5.56 Å². The lowest BCUT2D eigenvalue weighted by molar-refractivity contribution is 0.0951. The molecule has 0 spiro atoms. The molecule has 4 heteroatoms. The van der Waals surface area contributed by atoms with Crippen LogP contribution in [0.25, 0.3) is 5.65 Å². The molecule has 1 aliphatic rings. The van der Waals surface area contributed by atoms with E-state index < -0.39 is 0 Å². The molecule has 16 heavy (non-hydrogen) atoms. The predicted octanol–water partition coefficient (Wildman–Crippen LogP) is 1.47. The number of nitrogens with zero attached hydrogens (tertiary/aromatic N) is 2. The lowest BCUT2D eigenvalue weighted by Crippen LogP contribution is -2.25. The van der Waals surface area contributed by atoms with E-state index in [-0.39, 0.29) is 5.91 Å². The first kappa shape index (κ1) is 9.39. The van der Waals surface area contributed by atoms with Crippen molar-refractivity contribution in [2.75, 3.05) is 6.54 Å². The van der Waals surface area contributed by atoms with Gasteiger partial charge in [0.2, 0.25) is 0 Å². The molecule has 1 saturated carbocycles. The van der Waals surface area contributed by atoms with Crippen molar-refractivity contribution >= 4 is 11.6 Å². The molecule has 1 fully saturated rings. The van der Waals surface area contributed by atoms with Gasteiger partial charge in [0.1, 0.15) is 5.65 Å². The van der Waals surface area contributed by atoms with Gasteiger partial charge in [0.25, 0.3) is 5.91 Å². The van der Waals surface area contributed by atoms with Crippen LogP contribution in [0.3, 0.4) is 0 Å². The molecule has 2 heterocycles. The van der Waals surface area contributed by atoms with Gasteiger partial charge in [-0.3, -0.25) is 4.79 Å². The molecule has 82 valence electrons. The number of rotatable bonds is 3. The van der Waals surface area contributed by atoms with Crippen LogP contribution in [0.2, 0.25) is 0 Å². The molecule has 1 amide bonds. The summed E-state index contributed by atoms with van der Waals surface area (Å²) in [6.07, 6.45) is 7.88. The number of hydrogen-bond donors (Lipinski definition) is 1. The van der Waals surface area contributed by atoms with Crippen LogP contribution in [-0.4, -0.2) is 21.8 Å². The van der Waals surface area contributed by atoms with Gasteiger partial charge >= 0.3 is 0 Å². The summed E-state index contributed by atoms with van der Waals surface area (Å²) in [6.45, 7) is 0.806. The standard InChI is InChI=1S/C12H13N3O/c16-12(14-7-9-1-2-9)10-3-4-11-13-5-6-15(11)8-10/h3-6,8-9H,1-2,7H2,(H,14,16). The Balaban J connectivity index is 1.78. The number of hydrogen-bond acceptors (Lipinski definition) is 2. The Hall–Kier alpha value is -1.84. The molecule has 1 N–H and O–H groups in total. The number of carbonyl (C=O) groups excluding carboxylic acids is 1. The fourth-order valence-electron chi connectivity index (χ4n) is 1.72. The predicted molar refractivity (Wildman–Crippen MR) is 60.2 cm³/mol. The van der Waals surface area contributed by atoms with Gasteiger partial charge in [0, 0.05) is 25.1 Å². The molecule has 4 nitrogen and oxygen atoms in total. The lowest BCUT2D eigenvalue weighted by Gasteiger charge is -2.04. The van der Waals surface area contributed by atoms with Gasteiger partial charge < -0.3 is 9.72 Å². The zero-order valence-electron chi connectivity index (χ0n) is 8.89. The van der Waals surface area contributed by atoms with Gasteiger partial charge in [-0.2, -0.15) is 0 Å². The SMILES string of the molecule is O=C(NCC1CC1)c1ccc2nccn2c1. The first-order valence-corrected chi connectivity index (χ1v) is 5.54. The quantitative estimate of drug-likeness (QED) is 0.842. The number of nitrogens with one attached hydrogen (secondary N) is 1. The smallest absolute Gasteiger partial charge is 0.252 e. The van der Waals surface area contributed by atoms with Crippen molar-refractivity contribution in [2.24, 2.45) is 5.92 Å². The summed E-state index contributed by atoms with van der Waals surface area (Å²) in [4.78, 5) is 15.9. The van der Waals surface area contributed by atoms with E-state index in [1.807, 2.05) is 28.9 Å². The van der Waals surface area contributed by atoms with Gasteiger partial charge in [-0.15, -0.1) is 0 Å². The first-order valence-electron chi connectivity index (χ1n) is 5.54. The molecule has 0 bridgehead atoms. The molecule has 0 atom stereocenters. The molecule has 3 rings (SSSR count). The van der Waals surface area contributed by atoms with Crippen LogP contribution in [0.4, 0.5) is 0 Å². The van der Waals surface area contributed by atoms with Crippen LogP contribution in [-0.2, 0) is 0 Å². The highest BCUT2D eigenvalue weighted by Crippen LogP contribution is 2.27. The van der Waals surface area contributed by atoms with E-state index in [0.717, 1.165) is 12.2 Å². The maximum absolute atomic E-state index is 11.8. The Morgan fingerprint density at radius 1 is 1.50 bits per heavy atom. The Labute approximate surface area is 93.3 Å². The Kier molecular flexibility index (Phi) is 2.13. The molecule has 0 unspecified atom stereocenters. The minimum atomic E-state index is 0.00231. The summed E-state index contributed by atoms with van der Waals surface area (Å²) in [7, 11) is 0.